The van der Waals surface area contributed by atoms with Crippen LogP contribution in [0.4, 0.5) is 5.69 Å². The SMILES string of the molecule is CCc1ccccc1NCc1nnc(-c2ccc(Cl)cc2)o1. The van der Waals surface area contributed by atoms with E-state index in [-0.39, 0.29) is 0 Å². The van der Waals surface area contributed by atoms with E-state index >= 15 is 0 Å². The molecule has 0 radical (unpaired) electrons. The number of anilines is 1. The molecule has 0 aliphatic carbocycles. The molecule has 0 bridgehead atoms. The second kappa shape index (κ2) is 6.62. The summed E-state index contributed by atoms with van der Waals surface area (Å²) in [6.45, 7) is 2.63. The van der Waals surface area contributed by atoms with Crippen LogP contribution in [-0.2, 0) is 13.0 Å². The molecule has 0 saturated carbocycles. The van der Waals surface area contributed by atoms with E-state index in [1.807, 2.05) is 24.3 Å². The lowest BCUT2D eigenvalue weighted by molar-refractivity contribution is 0.515. The van der Waals surface area contributed by atoms with Crippen LogP contribution >= 0.6 is 11.6 Å². The van der Waals surface area contributed by atoms with Crippen molar-refractivity contribution in [3.8, 4) is 11.5 Å². The summed E-state index contributed by atoms with van der Waals surface area (Å²) in [4.78, 5) is 0. The largest absolute Gasteiger partial charge is 0.419 e. The summed E-state index contributed by atoms with van der Waals surface area (Å²) < 4.78 is 5.68. The third-order valence-electron chi connectivity index (χ3n) is 3.39. The van der Waals surface area contributed by atoms with Crippen molar-refractivity contribution >= 4 is 17.3 Å². The quantitative estimate of drug-likeness (QED) is 0.750. The molecule has 112 valence electrons. The van der Waals surface area contributed by atoms with E-state index < -0.39 is 0 Å². The Balaban J connectivity index is 1.71. The standard InChI is InChI=1S/C17H16ClN3O/c1-2-12-5-3-4-6-15(12)19-11-16-20-21-17(22-16)13-7-9-14(18)10-8-13/h3-10,19H,2,11H2,1H3. The van der Waals surface area contributed by atoms with Crippen LogP contribution in [0.25, 0.3) is 11.5 Å². The van der Waals surface area contributed by atoms with Crippen molar-refractivity contribution in [1.29, 1.82) is 0 Å². The summed E-state index contributed by atoms with van der Waals surface area (Å²) in [6.07, 6.45) is 0.975. The number of nitrogens with one attached hydrogen (secondary N) is 1. The van der Waals surface area contributed by atoms with E-state index in [1.165, 1.54) is 5.56 Å². The van der Waals surface area contributed by atoms with Gasteiger partial charge in [0.15, 0.2) is 0 Å². The van der Waals surface area contributed by atoms with Crippen LogP contribution in [0.5, 0.6) is 0 Å². The van der Waals surface area contributed by atoms with Gasteiger partial charge < -0.3 is 9.73 Å². The molecule has 0 aliphatic heterocycles. The summed E-state index contributed by atoms with van der Waals surface area (Å²) in [5, 5.41) is 12.2. The zero-order valence-corrected chi connectivity index (χ0v) is 13.0. The second-order valence-electron chi connectivity index (χ2n) is 4.87. The van der Waals surface area contributed by atoms with E-state index in [4.69, 9.17) is 16.0 Å². The fourth-order valence-corrected chi connectivity index (χ4v) is 2.33. The van der Waals surface area contributed by atoms with Crippen molar-refractivity contribution in [1.82, 2.24) is 10.2 Å². The summed E-state index contributed by atoms with van der Waals surface area (Å²) in [5.41, 5.74) is 3.22. The lowest BCUT2D eigenvalue weighted by Crippen LogP contribution is -2.02. The Morgan fingerprint density at radius 1 is 1.05 bits per heavy atom. The summed E-state index contributed by atoms with van der Waals surface area (Å²) >= 11 is 5.87. The van der Waals surface area contributed by atoms with Gasteiger partial charge in [0.25, 0.3) is 0 Å². The first-order valence-electron chi connectivity index (χ1n) is 7.16. The number of benzene rings is 2. The number of halogens is 1. The van der Waals surface area contributed by atoms with Crippen LogP contribution in [-0.4, -0.2) is 10.2 Å². The van der Waals surface area contributed by atoms with Gasteiger partial charge in [0.05, 0.1) is 6.54 Å². The third-order valence-corrected chi connectivity index (χ3v) is 3.64. The summed E-state index contributed by atoms with van der Waals surface area (Å²) in [5.74, 6) is 1.05. The zero-order valence-electron chi connectivity index (χ0n) is 12.2. The van der Waals surface area contributed by atoms with Crippen molar-refractivity contribution in [3.63, 3.8) is 0 Å². The van der Waals surface area contributed by atoms with E-state index in [1.54, 1.807) is 12.1 Å². The maximum absolute atomic E-state index is 5.87. The molecule has 0 unspecified atom stereocenters. The molecule has 22 heavy (non-hydrogen) atoms. The van der Waals surface area contributed by atoms with E-state index in [0.717, 1.165) is 17.7 Å². The average Bonchev–Trinajstić information content (AvgIpc) is 3.03. The number of hydrogen-bond donors (Lipinski definition) is 1. The minimum absolute atomic E-state index is 0.497. The van der Waals surface area contributed by atoms with E-state index in [0.29, 0.717) is 23.3 Å². The number of aryl methyl sites for hydroxylation is 1. The minimum Gasteiger partial charge on any atom is -0.419 e. The number of hydrogen-bond acceptors (Lipinski definition) is 4. The van der Waals surface area contributed by atoms with E-state index in [9.17, 15) is 0 Å². The van der Waals surface area contributed by atoms with Crippen LogP contribution in [0, 0.1) is 0 Å². The Labute approximate surface area is 134 Å². The van der Waals surface area contributed by atoms with Crippen molar-refractivity contribution in [3.05, 3.63) is 65.0 Å². The van der Waals surface area contributed by atoms with Crippen molar-refractivity contribution in [2.45, 2.75) is 19.9 Å². The monoisotopic (exact) mass is 313 g/mol. The molecule has 0 amide bonds. The molecule has 0 aliphatic rings. The van der Waals surface area contributed by atoms with E-state index in [2.05, 4.69) is 34.6 Å². The summed E-state index contributed by atoms with van der Waals surface area (Å²) in [7, 11) is 0. The number of rotatable bonds is 5. The topological polar surface area (TPSA) is 51.0 Å². The van der Waals surface area contributed by atoms with Crippen molar-refractivity contribution in [2.24, 2.45) is 0 Å². The number of para-hydroxylation sites is 1. The van der Waals surface area contributed by atoms with Gasteiger partial charge in [-0.25, -0.2) is 0 Å². The molecule has 0 fully saturated rings. The maximum atomic E-state index is 5.87. The van der Waals surface area contributed by atoms with Gasteiger partial charge in [0, 0.05) is 16.3 Å². The van der Waals surface area contributed by atoms with Gasteiger partial charge in [-0.15, -0.1) is 10.2 Å². The molecule has 4 nitrogen and oxygen atoms in total. The Kier molecular flexibility index (Phi) is 4.39. The summed E-state index contributed by atoms with van der Waals surface area (Å²) in [6, 6.07) is 15.5. The fraction of sp³-hybridized carbons (Fsp3) is 0.176. The highest BCUT2D eigenvalue weighted by molar-refractivity contribution is 6.30. The van der Waals surface area contributed by atoms with Gasteiger partial charge in [0.2, 0.25) is 11.8 Å². The number of nitrogens with zero attached hydrogens (tertiary/aromatic N) is 2. The van der Waals surface area contributed by atoms with Gasteiger partial charge in [-0.2, -0.15) is 0 Å². The Bertz CT molecular complexity index is 753. The molecule has 0 atom stereocenters. The average molecular weight is 314 g/mol. The molecular weight excluding hydrogens is 298 g/mol. The van der Waals surface area contributed by atoms with Crippen molar-refractivity contribution < 1.29 is 4.42 Å². The van der Waals surface area contributed by atoms with Crippen LogP contribution in [0.2, 0.25) is 5.02 Å². The molecule has 0 saturated heterocycles. The Morgan fingerprint density at radius 2 is 1.82 bits per heavy atom. The molecule has 1 heterocycles. The molecule has 3 rings (SSSR count). The predicted octanol–water partition coefficient (Wildman–Crippen LogP) is 4.56. The first kappa shape index (κ1) is 14.6. The minimum atomic E-state index is 0.497. The first-order chi connectivity index (χ1) is 10.8. The molecule has 0 spiro atoms. The van der Waals surface area contributed by atoms with Crippen LogP contribution in [0.15, 0.2) is 52.9 Å². The molecular formula is C17H16ClN3O. The maximum Gasteiger partial charge on any atom is 0.247 e. The van der Waals surface area contributed by atoms with Gasteiger partial charge in [-0.05, 0) is 42.3 Å². The normalized spacial score (nSPS) is 10.6. The van der Waals surface area contributed by atoms with Crippen molar-refractivity contribution in [2.75, 3.05) is 5.32 Å². The van der Waals surface area contributed by atoms with Crippen LogP contribution in [0.3, 0.4) is 0 Å². The molecule has 2 aromatic carbocycles. The highest BCUT2D eigenvalue weighted by atomic mass is 35.5. The zero-order chi connectivity index (χ0) is 15.4. The van der Waals surface area contributed by atoms with Gasteiger partial charge in [-0.3, -0.25) is 0 Å². The fourth-order valence-electron chi connectivity index (χ4n) is 2.21. The Morgan fingerprint density at radius 3 is 2.59 bits per heavy atom. The third kappa shape index (κ3) is 3.28. The molecule has 3 aromatic rings. The molecule has 1 aromatic heterocycles. The van der Waals surface area contributed by atoms with Gasteiger partial charge >= 0.3 is 0 Å². The number of aromatic nitrogens is 2. The molecule has 1 N–H and O–H groups in total. The lowest BCUT2D eigenvalue weighted by Gasteiger charge is -2.08. The second-order valence-corrected chi connectivity index (χ2v) is 5.31. The highest BCUT2D eigenvalue weighted by Gasteiger charge is 2.09. The Hall–Kier alpha value is -2.33. The van der Waals surface area contributed by atoms with Crippen LogP contribution < -0.4 is 5.32 Å². The smallest absolute Gasteiger partial charge is 0.247 e. The predicted molar refractivity (Wildman–Crippen MR) is 87.9 cm³/mol. The van der Waals surface area contributed by atoms with Crippen LogP contribution in [0.1, 0.15) is 18.4 Å². The lowest BCUT2D eigenvalue weighted by atomic mass is 10.1. The van der Waals surface area contributed by atoms with Gasteiger partial charge in [0.1, 0.15) is 0 Å². The van der Waals surface area contributed by atoms with Gasteiger partial charge in [-0.1, -0.05) is 36.7 Å². The highest BCUT2D eigenvalue weighted by Crippen LogP contribution is 2.21. The first-order valence-corrected chi connectivity index (χ1v) is 7.54. The molecule has 5 heteroatoms.